The zero-order valence-electron chi connectivity index (χ0n) is 11.4. The van der Waals surface area contributed by atoms with Gasteiger partial charge < -0.3 is 15.0 Å². The van der Waals surface area contributed by atoms with E-state index in [0.29, 0.717) is 0 Å². The molecular formula is C13H23N3O. The number of hydrogen-bond acceptors (Lipinski definition) is 4. The zero-order valence-corrected chi connectivity index (χ0v) is 11.4. The summed E-state index contributed by atoms with van der Waals surface area (Å²) >= 11 is 0. The summed E-state index contributed by atoms with van der Waals surface area (Å²) < 4.78 is 5.26. The Hall–Kier alpha value is -1.29. The second kappa shape index (κ2) is 5.87. The Morgan fingerprint density at radius 1 is 1.41 bits per heavy atom. The van der Waals surface area contributed by atoms with Gasteiger partial charge in [0, 0.05) is 19.3 Å². The van der Waals surface area contributed by atoms with E-state index >= 15 is 0 Å². The van der Waals surface area contributed by atoms with E-state index in [2.05, 4.69) is 43.1 Å². The van der Waals surface area contributed by atoms with Crippen LogP contribution in [0.1, 0.15) is 13.8 Å². The first-order valence-corrected chi connectivity index (χ1v) is 5.82. The second-order valence-electron chi connectivity index (χ2n) is 5.31. The number of nitrogens with one attached hydrogen (secondary N) is 1. The van der Waals surface area contributed by atoms with Gasteiger partial charge in [0.15, 0.2) is 11.6 Å². The van der Waals surface area contributed by atoms with E-state index in [1.165, 1.54) is 0 Å². The fraction of sp³-hybridized carbons (Fsp3) is 0.615. The standard InChI is InChI=1S/C13H23N3O/c1-13(2,10-16(3)4)9-15-12-11(17-5)7-6-8-14-12/h6-8H,9-10H2,1-5H3,(H,14,15). The van der Waals surface area contributed by atoms with Crippen LogP contribution in [0.4, 0.5) is 5.82 Å². The molecule has 0 aromatic carbocycles. The van der Waals surface area contributed by atoms with Crippen molar-refractivity contribution in [1.29, 1.82) is 0 Å². The van der Waals surface area contributed by atoms with Gasteiger partial charge in [-0.1, -0.05) is 13.8 Å². The molecule has 0 spiro atoms. The van der Waals surface area contributed by atoms with Crippen LogP contribution in [-0.2, 0) is 0 Å². The van der Waals surface area contributed by atoms with E-state index in [4.69, 9.17) is 4.74 Å². The maximum absolute atomic E-state index is 5.26. The summed E-state index contributed by atoms with van der Waals surface area (Å²) in [7, 11) is 5.83. The first-order valence-electron chi connectivity index (χ1n) is 5.82. The molecule has 0 unspecified atom stereocenters. The van der Waals surface area contributed by atoms with Crippen molar-refractivity contribution >= 4 is 5.82 Å². The van der Waals surface area contributed by atoms with Crippen LogP contribution >= 0.6 is 0 Å². The molecule has 4 nitrogen and oxygen atoms in total. The Balaban J connectivity index is 2.60. The van der Waals surface area contributed by atoms with Gasteiger partial charge in [-0.3, -0.25) is 0 Å². The van der Waals surface area contributed by atoms with E-state index in [1.54, 1.807) is 13.3 Å². The van der Waals surface area contributed by atoms with Gasteiger partial charge in [0.1, 0.15) is 0 Å². The minimum Gasteiger partial charge on any atom is -0.493 e. The molecule has 1 aromatic rings. The normalized spacial score (nSPS) is 11.6. The molecule has 0 aliphatic rings. The minimum absolute atomic E-state index is 0.187. The average molecular weight is 237 g/mol. The van der Waals surface area contributed by atoms with Gasteiger partial charge in [0.2, 0.25) is 0 Å². The van der Waals surface area contributed by atoms with E-state index in [1.807, 2.05) is 12.1 Å². The Morgan fingerprint density at radius 2 is 2.12 bits per heavy atom. The number of anilines is 1. The SMILES string of the molecule is COc1cccnc1NCC(C)(C)CN(C)C. The number of hydrogen-bond donors (Lipinski definition) is 1. The number of ether oxygens (including phenoxy) is 1. The molecule has 0 saturated heterocycles. The van der Waals surface area contributed by atoms with E-state index < -0.39 is 0 Å². The van der Waals surface area contributed by atoms with Crippen LogP contribution in [0, 0.1) is 5.41 Å². The molecule has 1 heterocycles. The van der Waals surface area contributed by atoms with Gasteiger partial charge in [0.05, 0.1) is 7.11 Å². The third kappa shape index (κ3) is 4.61. The number of aromatic nitrogens is 1. The molecular weight excluding hydrogens is 214 g/mol. The highest BCUT2D eigenvalue weighted by Gasteiger charge is 2.19. The molecule has 0 saturated carbocycles. The summed E-state index contributed by atoms with van der Waals surface area (Å²) in [5.41, 5.74) is 0.187. The van der Waals surface area contributed by atoms with Crippen LogP contribution in [0.5, 0.6) is 5.75 Å². The van der Waals surface area contributed by atoms with Gasteiger partial charge in [0.25, 0.3) is 0 Å². The number of methoxy groups -OCH3 is 1. The summed E-state index contributed by atoms with van der Waals surface area (Å²) in [6.45, 7) is 6.35. The second-order valence-corrected chi connectivity index (χ2v) is 5.31. The van der Waals surface area contributed by atoms with Crippen LogP contribution in [-0.4, -0.2) is 44.2 Å². The summed E-state index contributed by atoms with van der Waals surface area (Å²) in [5, 5.41) is 3.35. The highest BCUT2D eigenvalue weighted by atomic mass is 16.5. The third-order valence-electron chi connectivity index (χ3n) is 2.47. The molecule has 0 amide bonds. The third-order valence-corrected chi connectivity index (χ3v) is 2.47. The minimum atomic E-state index is 0.187. The zero-order chi connectivity index (χ0) is 12.9. The lowest BCUT2D eigenvalue weighted by Gasteiger charge is -2.28. The van der Waals surface area contributed by atoms with Crippen molar-refractivity contribution in [2.45, 2.75) is 13.8 Å². The molecule has 4 heteroatoms. The van der Waals surface area contributed by atoms with Crippen LogP contribution in [0.25, 0.3) is 0 Å². The largest absolute Gasteiger partial charge is 0.493 e. The van der Waals surface area contributed by atoms with Crippen LogP contribution in [0.15, 0.2) is 18.3 Å². The highest BCUT2D eigenvalue weighted by Crippen LogP contribution is 2.23. The Bertz CT molecular complexity index is 350. The maximum atomic E-state index is 5.26. The highest BCUT2D eigenvalue weighted by molar-refractivity contribution is 5.49. The van der Waals surface area contributed by atoms with E-state index in [9.17, 15) is 0 Å². The molecule has 17 heavy (non-hydrogen) atoms. The van der Waals surface area contributed by atoms with Crippen LogP contribution in [0.2, 0.25) is 0 Å². The van der Waals surface area contributed by atoms with Crippen molar-refractivity contribution in [3.63, 3.8) is 0 Å². The van der Waals surface area contributed by atoms with Gasteiger partial charge in [-0.15, -0.1) is 0 Å². The fourth-order valence-electron chi connectivity index (χ4n) is 1.92. The van der Waals surface area contributed by atoms with E-state index in [0.717, 1.165) is 24.7 Å². The predicted octanol–water partition coefficient (Wildman–Crippen LogP) is 2.09. The first-order chi connectivity index (χ1) is 7.94. The Kier molecular flexibility index (Phi) is 4.75. The monoisotopic (exact) mass is 237 g/mol. The van der Waals surface area contributed by atoms with Crippen LogP contribution in [0.3, 0.4) is 0 Å². The van der Waals surface area contributed by atoms with Gasteiger partial charge in [-0.05, 0) is 31.6 Å². The summed E-state index contributed by atoms with van der Waals surface area (Å²) in [4.78, 5) is 6.47. The molecule has 0 atom stereocenters. The lowest BCUT2D eigenvalue weighted by molar-refractivity contribution is 0.254. The molecule has 0 aliphatic carbocycles. The molecule has 0 fully saturated rings. The number of rotatable bonds is 6. The summed E-state index contributed by atoms with van der Waals surface area (Å²) in [6.07, 6.45) is 1.77. The molecule has 0 radical (unpaired) electrons. The molecule has 0 aliphatic heterocycles. The topological polar surface area (TPSA) is 37.4 Å². The lowest BCUT2D eigenvalue weighted by atomic mass is 9.93. The predicted molar refractivity (Wildman–Crippen MR) is 71.6 cm³/mol. The molecule has 0 bridgehead atoms. The molecule has 96 valence electrons. The first kappa shape index (κ1) is 13.8. The number of nitrogens with zero attached hydrogens (tertiary/aromatic N) is 2. The van der Waals surface area contributed by atoms with Crippen molar-refractivity contribution in [1.82, 2.24) is 9.88 Å². The average Bonchev–Trinajstić information content (AvgIpc) is 2.25. The van der Waals surface area contributed by atoms with E-state index in [-0.39, 0.29) is 5.41 Å². The summed E-state index contributed by atoms with van der Waals surface area (Å²) in [5.74, 6) is 1.59. The van der Waals surface area contributed by atoms with Crippen molar-refractivity contribution in [3.05, 3.63) is 18.3 Å². The van der Waals surface area contributed by atoms with Crippen molar-refractivity contribution in [2.24, 2.45) is 5.41 Å². The summed E-state index contributed by atoms with van der Waals surface area (Å²) in [6, 6.07) is 3.78. The maximum Gasteiger partial charge on any atom is 0.168 e. The Labute approximate surface area is 104 Å². The molecule has 1 aromatic heterocycles. The Morgan fingerprint density at radius 3 is 2.71 bits per heavy atom. The number of pyridine rings is 1. The van der Waals surface area contributed by atoms with Crippen LogP contribution < -0.4 is 10.1 Å². The van der Waals surface area contributed by atoms with Gasteiger partial charge in [-0.25, -0.2) is 4.98 Å². The molecule has 1 N–H and O–H groups in total. The quantitative estimate of drug-likeness (QED) is 0.822. The van der Waals surface area contributed by atoms with Gasteiger partial charge >= 0.3 is 0 Å². The smallest absolute Gasteiger partial charge is 0.168 e. The lowest BCUT2D eigenvalue weighted by Crippen LogP contribution is -2.34. The molecule has 1 rings (SSSR count). The van der Waals surface area contributed by atoms with Crippen molar-refractivity contribution in [3.8, 4) is 5.75 Å². The van der Waals surface area contributed by atoms with Crippen molar-refractivity contribution in [2.75, 3.05) is 39.6 Å². The van der Waals surface area contributed by atoms with Crippen molar-refractivity contribution < 1.29 is 4.74 Å². The van der Waals surface area contributed by atoms with Gasteiger partial charge in [-0.2, -0.15) is 0 Å². The fourth-order valence-corrected chi connectivity index (χ4v) is 1.92.